The van der Waals surface area contributed by atoms with Crippen molar-refractivity contribution in [3.63, 3.8) is 0 Å². The van der Waals surface area contributed by atoms with Gasteiger partial charge in [0, 0.05) is 0 Å². The molecule has 0 saturated carbocycles. The van der Waals surface area contributed by atoms with Crippen molar-refractivity contribution < 1.29 is 35.5 Å². The summed E-state index contributed by atoms with van der Waals surface area (Å²) in [6.45, 7) is 2.03. The van der Waals surface area contributed by atoms with Gasteiger partial charge < -0.3 is 4.74 Å². The lowest BCUT2D eigenvalue weighted by Gasteiger charge is -2.27. The molecule has 0 bridgehead atoms. The number of hydrogen-bond donors (Lipinski definition) is 0. The van der Waals surface area contributed by atoms with Crippen LogP contribution in [0, 0.1) is 23.3 Å². The van der Waals surface area contributed by atoms with Crippen LogP contribution in [0.3, 0.4) is 0 Å². The first kappa shape index (κ1) is 26.0. The van der Waals surface area contributed by atoms with E-state index in [0.717, 1.165) is 43.5 Å². The number of benzene rings is 3. The molecule has 0 aromatic heterocycles. The molecule has 1 aliphatic carbocycles. The number of halogens is 7. The normalized spacial score (nSPS) is 15.6. The van der Waals surface area contributed by atoms with Crippen LogP contribution in [0.5, 0.6) is 5.75 Å². The second-order valence-corrected chi connectivity index (χ2v) is 9.10. The summed E-state index contributed by atoms with van der Waals surface area (Å²) in [6.07, 6.45) is -1.09. The highest BCUT2D eigenvalue weighted by Gasteiger charge is 2.32. The molecule has 8 heteroatoms. The number of fused-ring (bicyclic) bond motifs is 1. The minimum atomic E-state index is -4.88. The first-order chi connectivity index (χ1) is 17.1. The number of ether oxygens (including phenoxy) is 1. The fraction of sp³-hybridized carbons (Fsp3) is 0.357. The quantitative estimate of drug-likeness (QED) is 0.228. The molecule has 0 amide bonds. The monoisotopic (exact) mass is 510 g/mol. The molecule has 0 heterocycles. The Morgan fingerprint density at radius 2 is 1.61 bits per heavy atom. The highest BCUT2D eigenvalue weighted by atomic mass is 19.4. The van der Waals surface area contributed by atoms with Crippen molar-refractivity contribution in [2.45, 2.75) is 64.1 Å². The van der Waals surface area contributed by atoms with Crippen LogP contribution in [0.4, 0.5) is 30.7 Å². The zero-order chi connectivity index (χ0) is 26.0. The van der Waals surface area contributed by atoms with E-state index in [0.29, 0.717) is 24.0 Å². The maximum absolute atomic E-state index is 15.4. The molecule has 192 valence electrons. The second-order valence-electron chi connectivity index (χ2n) is 9.10. The van der Waals surface area contributed by atoms with Crippen LogP contribution < -0.4 is 4.74 Å². The van der Waals surface area contributed by atoms with E-state index in [9.17, 15) is 26.3 Å². The lowest BCUT2D eigenvalue weighted by Crippen LogP contribution is -2.17. The fourth-order valence-electron chi connectivity index (χ4n) is 4.88. The van der Waals surface area contributed by atoms with Crippen LogP contribution in [0.15, 0.2) is 42.5 Å². The minimum absolute atomic E-state index is 0.0659. The molecule has 4 rings (SSSR count). The third-order valence-corrected chi connectivity index (χ3v) is 6.68. The van der Waals surface area contributed by atoms with Gasteiger partial charge in [-0.05, 0) is 84.0 Å². The molecule has 3 aromatic carbocycles. The van der Waals surface area contributed by atoms with E-state index in [1.54, 1.807) is 12.1 Å². The number of rotatable bonds is 7. The average molecular weight is 510 g/mol. The molecule has 0 aliphatic heterocycles. The Balaban J connectivity index is 1.58. The minimum Gasteiger partial charge on any atom is -0.406 e. The van der Waals surface area contributed by atoms with Gasteiger partial charge in [0.25, 0.3) is 0 Å². The number of aryl methyl sites for hydroxylation is 1. The smallest absolute Gasteiger partial charge is 0.406 e. The summed E-state index contributed by atoms with van der Waals surface area (Å²) in [5, 5.41) is 0. The molecule has 0 saturated heterocycles. The largest absolute Gasteiger partial charge is 0.573 e. The third-order valence-electron chi connectivity index (χ3n) is 6.68. The van der Waals surface area contributed by atoms with Crippen LogP contribution in [0.1, 0.15) is 60.8 Å². The van der Waals surface area contributed by atoms with Crippen LogP contribution in [-0.2, 0) is 19.3 Å². The topological polar surface area (TPSA) is 9.23 Å². The zero-order valence-electron chi connectivity index (χ0n) is 19.6. The molecule has 36 heavy (non-hydrogen) atoms. The SMILES string of the molecule is CCCCCc1ccc(C2CCc3c(cc(F)c(-c4ccc(OC(F)(F)F)cc4)c3F)C2)c(F)c1F. The van der Waals surface area contributed by atoms with Crippen molar-refractivity contribution in [2.75, 3.05) is 0 Å². The van der Waals surface area contributed by atoms with Crippen LogP contribution in [0.2, 0.25) is 0 Å². The zero-order valence-corrected chi connectivity index (χ0v) is 19.6. The summed E-state index contributed by atoms with van der Waals surface area (Å²) in [4.78, 5) is 0. The summed E-state index contributed by atoms with van der Waals surface area (Å²) in [7, 11) is 0. The van der Waals surface area contributed by atoms with Gasteiger partial charge >= 0.3 is 6.36 Å². The second kappa shape index (κ2) is 10.5. The average Bonchev–Trinajstić information content (AvgIpc) is 2.82. The Hall–Kier alpha value is -3.03. The van der Waals surface area contributed by atoms with Crippen LogP contribution >= 0.6 is 0 Å². The van der Waals surface area contributed by atoms with Crippen LogP contribution in [-0.4, -0.2) is 6.36 Å². The third kappa shape index (κ3) is 5.52. The van der Waals surface area contributed by atoms with Crippen molar-refractivity contribution >= 4 is 0 Å². The maximum atomic E-state index is 15.4. The molecule has 1 unspecified atom stereocenters. The Bertz CT molecular complexity index is 1230. The molecular formula is C28H25F7O. The van der Waals surface area contributed by atoms with Gasteiger partial charge in [-0.2, -0.15) is 0 Å². The van der Waals surface area contributed by atoms with Crippen LogP contribution in [0.25, 0.3) is 11.1 Å². The Morgan fingerprint density at radius 1 is 0.889 bits per heavy atom. The van der Waals surface area contributed by atoms with E-state index >= 15 is 4.39 Å². The van der Waals surface area contributed by atoms with Crippen molar-refractivity contribution in [3.05, 3.63) is 88.0 Å². The molecule has 0 spiro atoms. The van der Waals surface area contributed by atoms with Crippen molar-refractivity contribution in [3.8, 4) is 16.9 Å². The number of alkyl halides is 3. The van der Waals surface area contributed by atoms with E-state index in [2.05, 4.69) is 4.74 Å². The summed E-state index contributed by atoms with van der Waals surface area (Å²) in [5.74, 6) is -4.38. The standard InChI is InChI=1S/C28H25F7O/c1-2-3-4-5-17-8-12-21(27(32)25(17)30)18-9-13-22-19(14-18)15-23(29)24(26(22)31)16-6-10-20(11-7-16)36-28(33,34)35/h6-8,10-12,15,18H,2-5,9,13-14H2,1H3. The van der Waals surface area contributed by atoms with E-state index in [4.69, 9.17) is 0 Å². The van der Waals surface area contributed by atoms with E-state index in [1.165, 1.54) is 6.07 Å². The molecule has 0 radical (unpaired) electrons. The van der Waals surface area contributed by atoms with Crippen molar-refractivity contribution in [2.24, 2.45) is 0 Å². The fourth-order valence-corrected chi connectivity index (χ4v) is 4.88. The van der Waals surface area contributed by atoms with Gasteiger partial charge in [-0.1, -0.05) is 44.0 Å². The van der Waals surface area contributed by atoms with E-state index in [-0.39, 0.29) is 35.1 Å². The molecule has 1 aliphatic rings. The predicted molar refractivity (Wildman–Crippen MR) is 123 cm³/mol. The van der Waals surface area contributed by atoms with Crippen molar-refractivity contribution in [1.82, 2.24) is 0 Å². The van der Waals surface area contributed by atoms with Gasteiger partial charge in [-0.3, -0.25) is 0 Å². The van der Waals surface area contributed by atoms with Gasteiger partial charge in [0.15, 0.2) is 11.6 Å². The van der Waals surface area contributed by atoms with Gasteiger partial charge in [-0.15, -0.1) is 13.2 Å². The summed E-state index contributed by atoms with van der Waals surface area (Å²) in [5.41, 5.74) is 0.886. The van der Waals surface area contributed by atoms with Gasteiger partial charge in [0.2, 0.25) is 0 Å². The van der Waals surface area contributed by atoms with Crippen molar-refractivity contribution in [1.29, 1.82) is 0 Å². The highest BCUT2D eigenvalue weighted by Crippen LogP contribution is 2.40. The van der Waals surface area contributed by atoms with Gasteiger partial charge in [0.05, 0.1) is 5.56 Å². The summed E-state index contributed by atoms with van der Waals surface area (Å²) in [6, 6.07) is 8.62. The molecule has 0 N–H and O–H groups in total. The summed E-state index contributed by atoms with van der Waals surface area (Å²) < 4.78 is 101. The van der Waals surface area contributed by atoms with E-state index < -0.39 is 41.3 Å². The molecule has 3 aromatic rings. The Labute approximate surface area is 204 Å². The predicted octanol–water partition coefficient (Wildman–Crippen LogP) is 8.81. The maximum Gasteiger partial charge on any atom is 0.573 e. The number of unbranched alkanes of at least 4 members (excludes halogenated alkanes) is 2. The van der Waals surface area contributed by atoms with Gasteiger partial charge in [0.1, 0.15) is 17.4 Å². The lowest BCUT2D eigenvalue weighted by atomic mass is 9.78. The number of hydrogen-bond acceptors (Lipinski definition) is 1. The lowest BCUT2D eigenvalue weighted by molar-refractivity contribution is -0.274. The summed E-state index contributed by atoms with van der Waals surface area (Å²) >= 11 is 0. The Morgan fingerprint density at radius 3 is 2.28 bits per heavy atom. The first-order valence-electron chi connectivity index (χ1n) is 11.9. The first-order valence-corrected chi connectivity index (χ1v) is 11.9. The van der Waals surface area contributed by atoms with Gasteiger partial charge in [-0.25, -0.2) is 17.6 Å². The highest BCUT2D eigenvalue weighted by molar-refractivity contribution is 5.67. The molecule has 0 fully saturated rings. The molecular weight excluding hydrogens is 485 g/mol. The Kier molecular flexibility index (Phi) is 7.62. The van der Waals surface area contributed by atoms with E-state index in [1.807, 2.05) is 6.92 Å². The molecule has 1 atom stereocenters. The molecule has 1 nitrogen and oxygen atoms in total.